The van der Waals surface area contributed by atoms with E-state index in [4.69, 9.17) is 17.3 Å². The smallest absolute Gasteiger partial charge is 0.181 e. The maximum absolute atomic E-state index is 5.96. The highest BCUT2D eigenvalue weighted by molar-refractivity contribution is 7.13. The molecule has 0 fully saturated rings. The molecule has 90 valence electrons. The van der Waals surface area contributed by atoms with Gasteiger partial charge < -0.3 is 5.73 Å². The van der Waals surface area contributed by atoms with E-state index >= 15 is 0 Å². The molecule has 0 aliphatic heterocycles. The summed E-state index contributed by atoms with van der Waals surface area (Å²) in [4.78, 5) is 5.48. The molecule has 0 saturated heterocycles. The quantitative estimate of drug-likeness (QED) is 0.705. The van der Waals surface area contributed by atoms with Crippen LogP contribution in [0.2, 0.25) is 5.02 Å². The van der Waals surface area contributed by atoms with E-state index < -0.39 is 0 Å². The first kappa shape index (κ1) is 11.3. The Hall–Kier alpha value is -1.85. The standard InChI is InChI=1S/C12H9ClN4S/c13-8-4-7(5-9(14)6-8)11-15-12(17-16-11)10-2-1-3-18-10/h1-6H,14H2,(H,15,16,17). The van der Waals surface area contributed by atoms with Gasteiger partial charge >= 0.3 is 0 Å². The minimum Gasteiger partial charge on any atom is -0.399 e. The molecule has 0 unspecified atom stereocenters. The van der Waals surface area contributed by atoms with E-state index in [1.54, 1.807) is 29.5 Å². The number of nitrogens with two attached hydrogens (primary N) is 1. The van der Waals surface area contributed by atoms with Crippen molar-refractivity contribution in [2.24, 2.45) is 0 Å². The van der Waals surface area contributed by atoms with Crippen molar-refractivity contribution in [1.29, 1.82) is 0 Å². The van der Waals surface area contributed by atoms with Crippen LogP contribution in [0, 0.1) is 0 Å². The lowest BCUT2D eigenvalue weighted by molar-refractivity contribution is 1.10. The van der Waals surface area contributed by atoms with E-state index in [-0.39, 0.29) is 0 Å². The lowest BCUT2D eigenvalue weighted by atomic mass is 10.2. The predicted octanol–water partition coefficient (Wildman–Crippen LogP) is 3.44. The van der Waals surface area contributed by atoms with E-state index in [0.717, 1.165) is 16.3 Å². The van der Waals surface area contributed by atoms with Crippen LogP contribution in [0.15, 0.2) is 35.7 Å². The number of hydrogen-bond acceptors (Lipinski definition) is 4. The Morgan fingerprint density at radius 3 is 2.89 bits per heavy atom. The van der Waals surface area contributed by atoms with E-state index in [1.165, 1.54) is 0 Å². The van der Waals surface area contributed by atoms with Crippen molar-refractivity contribution >= 4 is 28.6 Å². The Balaban J connectivity index is 2.03. The molecule has 0 atom stereocenters. The number of anilines is 1. The fourth-order valence-corrected chi connectivity index (χ4v) is 2.56. The van der Waals surface area contributed by atoms with Gasteiger partial charge in [-0.2, -0.15) is 5.10 Å². The topological polar surface area (TPSA) is 67.6 Å². The molecule has 0 spiro atoms. The van der Waals surface area contributed by atoms with Gasteiger partial charge in [0.2, 0.25) is 0 Å². The minimum absolute atomic E-state index is 0.576. The van der Waals surface area contributed by atoms with E-state index in [1.807, 2.05) is 17.5 Å². The molecule has 4 nitrogen and oxygen atoms in total. The van der Waals surface area contributed by atoms with Gasteiger partial charge in [-0.1, -0.05) is 17.7 Å². The van der Waals surface area contributed by atoms with Gasteiger partial charge in [-0.05, 0) is 29.6 Å². The normalized spacial score (nSPS) is 10.7. The Morgan fingerprint density at radius 1 is 1.28 bits per heavy atom. The van der Waals surface area contributed by atoms with Gasteiger partial charge in [0.05, 0.1) is 4.88 Å². The molecule has 0 bridgehead atoms. The summed E-state index contributed by atoms with van der Waals surface area (Å²) in [5, 5.41) is 9.66. The third kappa shape index (κ3) is 2.10. The molecule has 3 rings (SSSR count). The summed E-state index contributed by atoms with van der Waals surface area (Å²) in [5.41, 5.74) is 7.15. The van der Waals surface area contributed by atoms with Gasteiger partial charge in [0.1, 0.15) is 0 Å². The summed E-state index contributed by atoms with van der Waals surface area (Å²) in [6.45, 7) is 0. The Labute approximate surface area is 112 Å². The Kier molecular flexibility index (Phi) is 2.77. The summed E-state index contributed by atoms with van der Waals surface area (Å²) >= 11 is 7.57. The molecule has 3 aromatic rings. The van der Waals surface area contributed by atoms with Gasteiger partial charge in [0.25, 0.3) is 0 Å². The lowest BCUT2D eigenvalue weighted by Gasteiger charge is -1.98. The molecule has 6 heteroatoms. The van der Waals surface area contributed by atoms with Crippen LogP contribution in [0.5, 0.6) is 0 Å². The van der Waals surface area contributed by atoms with Crippen molar-refractivity contribution < 1.29 is 0 Å². The molecule has 18 heavy (non-hydrogen) atoms. The van der Waals surface area contributed by atoms with Gasteiger partial charge in [0, 0.05) is 16.3 Å². The van der Waals surface area contributed by atoms with Crippen LogP contribution in [0.4, 0.5) is 5.69 Å². The molecule has 0 radical (unpaired) electrons. The predicted molar refractivity (Wildman–Crippen MR) is 74.6 cm³/mol. The van der Waals surface area contributed by atoms with Crippen LogP contribution in [-0.2, 0) is 0 Å². The van der Waals surface area contributed by atoms with Crippen LogP contribution >= 0.6 is 22.9 Å². The highest BCUT2D eigenvalue weighted by Gasteiger charge is 2.09. The van der Waals surface area contributed by atoms with Crippen molar-refractivity contribution in [2.75, 3.05) is 5.73 Å². The molecular weight excluding hydrogens is 268 g/mol. The molecule has 3 N–H and O–H groups in total. The van der Waals surface area contributed by atoms with Crippen molar-refractivity contribution in [3.05, 3.63) is 40.7 Å². The largest absolute Gasteiger partial charge is 0.399 e. The summed E-state index contributed by atoms with van der Waals surface area (Å²) < 4.78 is 0. The number of nitrogens with one attached hydrogen (secondary N) is 1. The van der Waals surface area contributed by atoms with Gasteiger partial charge in [-0.3, -0.25) is 5.10 Å². The maximum Gasteiger partial charge on any atom is 0.181 e. The summed E-state index contributed by atoms with van der Waals surface area (Å²) in [6.07, 6.45) is 0. The number of rotatable bonds is 2. The first-order valence-electron chi connectivity index (χ1n) is 5.25. The Morgan fingerprint density at radius 2 is 2.17 bits per heavy atom. The zero-order chi connectivity index (χ0) is 12.5. The van der Waals surface area contributed by atoms with Crippen LogP contribution in [0.25, 0.3) is 22.1 Å². The summed E-state index contributed by atoms with van der Waals surface area (Å²) in [7, 11) is 0. The van der Waals surface area contributed by atoms with Crippen molar-refractivity contribution in [3.8, 4) is 22.1 Å². The van der Waals surface area contributed by atoms with Crippen LogP contribution in [-0.4, -0.2) is 15.2 Å². The number of halogens is 1. The lowest BCUT2D eigenvalue weighted by Crippen LogP contribution is -1.87. The minimum atomic E-state index is 0.576. The maximum atomic E-state index is 5.96. The second kappa shape index (κ2) is 4.44. The second-order valence-electron chi connectivity index (χ2n) is 3.76. The number of benzene rings is 1. The number of H-pyrrole nitrogens is 1. The van der Waals surface area contributed by atoms with E-state index in [9.17, 15) is 0 Å². The number of thiophene rings is 1. The van der Waals surface area contributed by atoms with E-state index in [2.05, 4.69) is 15.2 Å². The van der Waals surface area contributed by atoms with Gasteiger partial charge in [-0.25, -0.2) is 4.98 Å². The molecule has 0 saturated carbocycles. The van der Waals surface area contributed by atoms with Crippen LogP contribution in [0.3, 0.4) is 0 Å². The first-order valence-corrected chi connectivity index (χ1v) is 6.51. The fraction of sp³-hybridized carbons (Fsp3) is 0. The average Bonchev–Trinajstić information content (AvgIpc) is 2.99. The molecular formula is C12H9ClN4S. The molecule has 0 amide bonds. The molecule has 2 aromatic heterocycles. The third-order valence-electron chi connectivity index (χ3n) is 2.42. The SMILES string of the molecule is Nc1cc(Cl)cc(-c2n[nH]c(-c3cccs3)n2)c1. The molecule has 0 aliphatic rings. The van der Waals surface area contributed by atoms with Crippen molar-refractivity contribution in [3.63, 3.8) is 0 Å². The highest BCUT2D eigenvalue weighted by atomic mass is 35.5. The molecule has 2 heterocycles. The second-order valence-corrected chi connectivity index (χ2v) is 5.14. The summed E-state index contributed by atoms with van der Waals surface area (Å²) in [6, 6.07) is 9.24. The zero-order valence-electron chi connectivity index (χ0n) is 9.22. The van der Waals surface area contributed by atoms with Crippen molar-refractivity contribution in [1.82, 2.24) is 15.2 Å². The molecule has 1 aromatic carbocycles. The average molecular weight is 277 g/mol. The fourth-order valence-electron chi connectivity index (χ4n) is 1.66. The Bertz CT molecular complexity index is 655. The highest BCUT2D eigenvalue weighted by Crippen LogP contribution is 2.26. The third-order valence-corrected chi connectivity index (χ3v) is 3.51. The molecule has 0 aliphatic carbocycles. The number of aromatic amines is 1. The number of hydrogen-bond donors (Lipinski definition) is 2. The van der Waals surface area contributed by atoms with E-state index in [0.29, 0.717) is 16.5 Å². The van der Waals surface area contributed by atoms with Gasteiger partial charge in [0.15, 0.2) is 11.6 Å². The number of aromatic nitrogens is 3. The zero-order valence-corrected chi connectivity index (χ0v) is 10.8. The van der Waals surface area contributed by atoms with Crippen LogP contribution < -0.4 is 5.73 Å². The number of nitrogen functional groups attached to an aromatic ring is 1. The monoisotopic (exact) mass is 276 g/mol. The first-order chi connectivity index (χ1) is 8.72. The van der Waals surface area contributed by atoms with Gasteiger partial charge in [-0.15, -0.1) is 11.3 Å². The van der Waals surface area contributed by atoms with Crippen molar-refractivity contribution in [2.45, 2.75) is 0 Å². The van der Waals surface area contributed by atoms with Crippen LogP contribution in [0.1, 0.15) is 0 Å². The number of nitrogens with zero attached hydrogens (tertiary/aromatic N) is 2. The summed E-state index contributed by atoms with van der Waals surface area (Å²) in [5.74, 6) is 1.34.